The summed E-state index contributed by atoms with van der Waals surface area (Å²) in [6.45, 7) is 1.97. The minimum atomic E-state index is 0.514. The molecule has 0 unspecified atom stereocenters. The molecule has 0 saturated heterocycles. The molecule has 17 heavy (non-hydrogen) atoms. The van der Waals surface area contributed by atoms with Gasteiger partial charge in [-0.3, -0.25) is 4.98 Å². The molecule has 0 aliphatic heterocycles. The van der Waals surface area contributed by atoms with Crippen LogP contribution in [0, 0.1) is 6.92 Å². The molecule has 1 aliphatic carbocycles. The fraction of sp³-hybridized carbons (Fsp3) is 0.308. The lowest BCUT2D eigenvalue weighted by Crippen LogP contribution is -2.00. The van der Waals surface area contributed by atoms with Gasteiger partial charge in [0.25, 0.3) is 0 Å². The molecule has 4 heteroatoms. The molecule has 1 fully saturated rings. The zero-order chi connectivity index (χ0) is 11.8. The second kappa shape index (κ2) is 3.80. The molecule has 2 aromatic heterocycles. The smallest absolute Gasteiger partial charge is 0.134 e. The minimum Gasteiger partial charge on any atom is -0.384 e. The van der Waals surface area contributed by atoms with Gasteiger partial charge in [-0.1, -0.05) is 0 Å². The third-order valence-corrected chi connectivity index (χ3v) is 2.90. The average Bonchev–Trinajstić information content (AvgIpc) is 3.12. The van der Waals surface area contributed by atoms with Gasteiger partial charge in [0.05, 0.1) is 5.69 Å². The van der Waals surface area contributed by atoms with Crippen molar-refractivity contribution in [3.05, 3.63) is 35.9 Å². The predicted octanol–water partition coefficient (Wildman–Crippen LogP) is 2.31. The summed E-state index contributed by atoms with van der Waals surface area (Å²) >= 11 is 0. The van der Waals surface area contributed by atoms with Gasteiger partial charge in [0, 0.05) is 29.4 Å². The first kappa shape index (κ1) is 10.2. The van der Waals surface area contributed by atoms with Crippen molar-refractivity contribution in [1.29, 1.82) is 0 Å². The summed E-state index contributed by atoms with van der Waals surface area (Å²) in [4.78, 5) is 13.1. The van der Waals surface area contributed by atoms with Gasteiger partial charge in [0.15, 0.2) is 0 Å². The molecule has 1 saturated carbocycles. The highest BCUT2D eigenvalue weighted by Gasteiger charge is 2.27. The molecule has 2 N–H and O–H groups in total. The number of anilines is 1. The van der Waals surface area contributed by atoms with Crippen molar-refractivity contribution in [3.63, 3.8) is 0 Å². The highest BCUT2D eigenvalue weighted by atomic mass is 15.0. The van der Waals surface area contributed by atoms with E-state index in [1.54, 1.807) is 6.20 Å². The number of aromatic nitrogens is 3. The van der Waals surface area contributed by atoms with Crippen molar-refractivity contribution in [2.24, 2.45) is 0 Å². The van der Waals surface area contributed by atoms with Gasteiger partial charge >= 0.3 is 0 Å². The average molecular weight is 226 g/mol. The number of aryl methyl sites for hydroxylation is 1. The SMILES string of the molecule is Cc1cc(-c2cc(N)nc(C3CC3)n2)ccn1. The van der Waals surface area contributed by atoms with Crippen LogP contribution in [-0.4, -0.2) is 15.0 Å². The van der Waals surface area contributed by atoms with Crippen LogP contribution in [0.3, 0.4) is 0 Å². The Balaban J connectivity index is 2.07. The van der Waals surface area contributed by atoms with Crippen molar-refractivity contribution >= 4 is 5.82 Å². The lowest BCUT2D eigenvalue weighted by atomic mass is 10.1. The first-order chi connectivity index (χ1) is 8.22. The van der Waals surface area contributed by atoms with Crippen LogP contribution < -0.4 is 5.73 Å². The summed E-state index contributed by atoms with van der Waals surface area (Å²) in [5, 5.41) is 0. The van der Waals surface area contributed by atoms with E-state index in [1.165, 1.54) is 12.8 Å². The molecule has 2 aromatic rings. The number of hydrogen-bond acceptors (Lipinski definition) is 4. The van der Waals surface area contributed by atoms with Crippen LogP contribution in [0.4, 0.5) is 5.82 Å². The predicted molar refractivity (Wildman–Crippen MR) is 66.4 cm³/mol. The van der Waals surface area contributed by atoms with Gasteiger partial charge in [-0.25, -0.2) is 9.97 Å². The van der Waals surface area contributed by atoms with Crippen molar-refractivity contribution < 1.29 is 0 Å². The summed E-state index contributed by atoms with van der Waals surface area (Å²) in [7, 11) is 0. The van der Waals surface area contributed by atoms with Crippen LogP contribution in [0.5, 0.6) is 0 Å². The summed E-state index contributed by atoms with van der Waals surface area (Å²) in [6.07, 6.45) is 4.15. The molecular formula is C13H14N4. The number of nitrogen functional groups attached to an aromatic ring is 1. The highest BCUT2D eigenvalue weighted by molar-refractivity contribution is 5.62. The molecule has 1 aliphatic rings. The second-order valence-electron chi connectivity index (χ2n) is 4.50. The number of nitrogens with two attached hydrogens (primary N) is 1. The third-order valence-electron chi connectivity index (χ3n) is 2.90. The lowest BCUT2D eigenvalue weighted by Gasteiger charge is -2.05. The Bertz CT molecular complexity index is 561. The molecular weight excluding hydrogens is 212 g/mol. The maximum Gasteiger partial charge on any atom is 0.134 e. The van der Waals surface area contributed by atoms with Gasteiger partial charge in [0.2, 0.25) is 0 Å². The van der Waals surface area contributed by atoms with E-state index in [0.29, 0.717) is 11.7 Å². The maximum atomic E-state index is 5.83. The summed E-state index contributed by atoms with van der Waals surface area (Å²) in [6, 6.07) is 5.78. The molecule has 2 heterocycles. The van der Waals surface area contributed by atoms with E-state index >= 15 is 0 Å². The fourth-order valence-electron chi connectivity index (χ4n) is 1.86. The van der Waals surface area contributed by atoms with Gasteiger partial charge in [0.1, 0.15) is 11.6 Å². The molecule has 0 amide bonds. The monoisotopic (exact) mass is 226 g/mol. The lowest BCUT2D eigenvalue weighted by molar-refractivity contribution is 0.935. The standard InChI is InChI=1S/C13H14N4/c1-8-6-10(4-5-15-8)11-7-12(14)17-13(16-11)9-2-3-9/h4-7,9H,2-3H2,1H3,(H2,14,16,17). The van der Waals surface area contributed by atoms with E-state index in [9.17, 15) is 0 Å². The summed E-state index contributed by atoms with van der Waals surface area (Å²) in [5.74, 6) is 1.95. The second-order valence-corrected chi connectivity index (χ2v) is 4.50. The molecule has 0 spiro atoms. The quantitative estimate of drug-likeness (QED) is 0.853. The van der Waals surface area contributed by atoms with E-state index < -0.39 is 0 Å². The Morgan fingerprint density at radius 1 is 1.24 bits per heavy atom. The van der Waals surface area contributed by atoms with Crippen LogP contribution >= 0.6 is 0 Å². The largest absolute Gasteiger partial charge is 0.384 e. The molecule has 0 bridgehead atoms. The Hall–Kier alpha value is -1.97. The van der Waals surface area contributed by atoms with Gasteiger partial charge in [-0.15, -0.1) is 0 Å². The Morgan fingerprint density at radius 2 is 2.06 bits per heavy atom. The van der Waals surface area contributed by atoms with Crippen molar-refractivity contribution in [1.82, 2.24) is 15.0 Å². The van der Waals surface area contributed by atoms with E-state index in [2.05, 4.69) is 15.0 Å². The molecule has 86 valence electrons. The Morgan fingerprint density at radius 3 is 2.76 bits per heavy atom. The number of pyridine rings is 1. The van der Waals surface area contributed by atoms with Gasteiger partial charge < -0.3 is 5.73 Å². The zero-order valence-electron chi connectivity index (χ0n) is 9.72. The minimum absolute atomic E-state index is 0.514. The third kappa shape index (κ3) is 2.11. The highest BCUT2D eigenvalue weighted by Crippen LogP contribution is 2.38. The van der Waals surface area contributed by atoms with E-state index in [-0.39, 0.29) is 0 Å². The Kier molecular flexibility index (Phi) is 2.28. The van der Waals surface area contributed by atoms with Crippen molar-refractivity contribution in [2.75, 3.05) is 5.73 Å². The van der Waals surface area contributed by atoms with Crippen LogP contribution in [0.2, 0.25) is 0 Å². The topological polar surface area (TPSA) is 64.7 Å². The molecule has 0 atom stereocenters. The van der Waals surface area contributed by atoms with Gasteiger partial charge in [-0.05, 0) is 31.9 Å². The van der Waals surface area contributed by atoms with E-state index in [0.717, 1.165) is 22.8 Å². The maximum absolute atomic E-state index is 5.83. The number of rotatable bonds is 2. The number of hydrogen-bond donors (Lipinski definition) is 1. The molecule has 4 nitrogen and oxygen atoms in total. The first-order valence-corrected chi connectivity index (χ1v) is 5.80. The Labute approximate surface area is 99.9 Å². The molecule has 0 aromatic carbocycles. The fourth-order valence-corrected chi connectivity index (χ4v) is 1.86. The summed E-state index contributed by atoms with van der Waals surface area (Å²) < 4.78 is 0. The van der Waals surface area contributed by atoms with Crippen molar-refractivity contribution in [2.45, 2.75) is 25.7 Å². The summed E-state index contributed by atoms with van der Waals surface area (Å²) in [5.41, 5.74) is 8.76. The van der Waals surface area contributed by atoms with Crippen LogP contribution in [-0.2, 0) is 0 Å². The van der Waals surface area contributed by atoms with E-state index in [4.69, 9.17) is 5.73 Å². The van der Waals surface area contributed by atoms with E-state index in [1.807, 2.05) is 25.1 Å². The zero-order valence-corrected chi connectivity index (χ0v) is 9.72. The number of nitrogens with zero attached hydrogens (tertiary/aromatic N) is 3. The molecule has 0 radical (unpaired) electrons. The van der Waals surface area contributed by atoms with Crippen LogP contribution in [0.25, 0.3) is 11.3 Å². The van der Waals surface area contributed by atoms with Gasteiger partial charge in [-0.2, -0.15) is 0 Å². The van der Waals surface area contributed by atoms with Crippen LogP contribution in [0.1, 0.15) is 30.3 Å². The molecule has 3 rings (SSSR count). The van der Waals surface area contributed by atoms with Crippen LogP contribution in [0.15, 0.2) is 24.4 Å². The normalized spacial score (nSPS) is 14.9. The van der Waals surface area contributed by atoms with Crippen molar-refractivity contribution in [3.8, 4) is 11.3 Å². The first-order valence-electron chi connectivity index (χ1n) is 5.80.